The predicted octanol–water partition coefficient (Wildman–Crippen LogP) is 5.48. The molecule has 0 aromatic heterocycles. The molecule has 3 aromatic rings. The Labute approximate surface area is 220 Å². The first kappa shape index (κ1) is 30.5. The Morgan fingerprint density at radius 2 is 1.05 bits per heavy atom. The van der Waals surface area contributed by atoms with Crippen molar-refractivity contribution in [1.82, 2.24) is 4.90 Å². The highest BCUT2D eigenvalue weighted by molar-refractivity contribution is 7.52. The number of carbonyl (C=O) groups excluding carboxylic acids is 1. The van der Waals surface area contributed by atoms with Crippen LogP contribution in [0.4, 0.5) is 22.4 Å². The van der Waals surface area contributed by atoms with Gasteiger partial charge in [0.05, 0.1) is 0 Å². The summed E-state index contributed by atoms with van der Waals surface area (Å²) >= 11 is 0. The molecule has 0 heterocycles. The zero-order chi connectivity index (χ0) is 29.1. The van der Waals surface area contributed by atoms with E-state index in [-0.39, 0.29) is 30.8 Å². The lowest BCUT2D eigenvalue weighted by Gasteiger charge is -2.24. The van der Waals surface area contributed by atoms with E-state index >= 15 is 0 Å². The third-order valence-electron chi connectivity index (χ3n) is 5.54. The summed E-state index contributed by atoms with van der Waals surface area (Å²) in [6, 6.07) is 16.4. The van der Waals surface area contributed by atoms with Crippen molar-refractivity contribution in [3.8, 4) is 0 Å². The first-order valence-electron chi connectivity index (χ1n) is 11.0. The number of alkyl halides is 4. The van der Waals surface area contributed by atoms with Crippen LogP contribution < -0.4 is 0 Å². The van der Waals surface area contributed by atoms with Gasteiger partial charge >= 0.3 is 32.6 Å². The molecular weight excluding hydrogens is 568 g/mol. The fourth-order valence-electron chi connectivity index (χ4n) is 3.39. The SMILES string of the molecule is O=C(OCc1ccccc1)N(Cc1ccc(C(F)(F)P(=O)(O)O)cc1)Cc1ccc(C(F)(F)P(=O)(O)O)cc1. The molecule has 0 aliphatic rings. The molecule has 3 rings (SSSR count). The van der Waals surface area contributed by atoms with Gasteiger partial charge in [-0.2, -0.15) is 17.6 Å². The normalized spacial score (nSPS) is 12.7. The third kappa shape index (κ3) is 7.33. The molecule has 0 saturated heterocycles. The van der Waals surface area contributed by atoms with Crippen molar-refractivity contribution in [3.63, 3.8) is 0 Å². The minimum absolute atomic E-state index is 0.114. The van der Waals surface area contributed by atoms with Crippen molar-refractivity contribution in [2.24, 2.45) is 0 Å². The molecule has 0 aliphatic heterocycles. The van der Waals surface area contributed by atoms with Crippen LogP contribution in [0.2, 0.25) is 0 Å². The van der Waals surface area contributed by atoms with E-state index in [4.69, 9.17) is 24.3 Å². The largest absolute Gasteiger partial charge is 0.445 e. The Hall–Kier alpha value is -3.05. The summed E-state index contributed by atoms with van der Waals surface area (Å²) in [5.41, 5.74) is -9.48. The van der Waals surface area contributed by atoms with Crippen molar-refractivity contribution in [1.29, 1.82) is 0 Å². The Morgan fingerprint density at radius 1 is 0.667 bits per heavy atom. The van der Waals surface area contributed by atoms with Crippen LogP contribution in [0.5, 0.6) is 0 Å². The Balaban J connectivity index is 1.83. The second-order valence-corrected chi connectivity index (χ2v) is 11.8. The molecule has 0 atom stereocenters. The zero-order valence-electron chi connectivity index (χ0n) is 19.9. The smallest absolute Gasteiger partial charge is 0.410 e. The number of hydrogen-bond acceptors (Lipinski definition) is 4. The highest BCUT2D eigenvalue weighted by atomic mass is 31.2. The molecule has 0 radical (unpaired) electrons. The standard InChI is InChI=1S/C24H23F4NO8P2/c25-23(26,38(31,32)33)20-10-6-17(7-11-20)14-29(22(30)37-16-19-4-2-1-3-5-19)15-18-8-12-21(13-9-18)24(27,28)39(34,35)36/h1-13H,14-16H2,(H2,31,32,33)(H2,34,35,36). The average molecular weight is 591 g/mol. The van der Waals surface area contributed by atoms with Crippen LogP contribution in [0.3, 0.4) is 0 Å². The molecule has 9 nitrogen and oxygen atoms in total. The van der Waals surface area contributed by atoms with Crippen molar-refractivity contribution in [3.05, 3.63) is 107 Å². The molecule has 0 bridgehead atoms. The van der Waals surface area contributed by atoms with Gasteiger partial charge in [0.15, 0.2) is 0 Å². The summed E-state index contributed by atoms with van der Waals surface area (Å²) in [5.74, 6) is 0. The minimum Gasteiger partial charge on any atom is -0.445 e. The predicted molar refractivity (Wildman–Crippen MR) is 131 cm³/mol. The number of halogens is 4. The fourth-order valence-corrected chi connectivity index (χ4v) is 4.36. The molecule has 0 aliphatic carbocycles. The second kappa shape index (κ2) is 11.6. The maximum Gasteiger partial charge on any atom is 0.410 e. The number of rotatable bonds is 10. The van der Waals surface area contributed by atoms with E-state index < -0.39 is 43.7 Å². The molecule has 4 N–H and O–H groups in total. The van der Waals surface area contributed by atoms with Gasteiger partial charge in [0.25, 0.3) is 0 Å². The zero-order valence-corrected chi connectivity index (χ0v) is 21.7. The van der Waals surface area contributed by atoms with Gasteiger partial charge in [0.2, 0.25) is 0 Å². The first-order valence-corrected chi connectivity index (χ1v) is 14.3. The van der Waals surface area contributed by atoms with E-state index in [0.717, 1.165) is 53.4 Å². The number of ether oxygens (including phenoxy) is 1. The van der Waals surface area contributed by atoms with E-state index in [9.17, 15) is 31.5 Å². The highest BCUT2D eigenvalue weighted by Gasteiger charge is 2.51. The van der Waals surface area contributed by atoms with E-state index in [1.165, 1.54) is 0 Å². The van der Waals surface area contributed by atoms with Gasteiger partial charge in [-0.15, -0.1) is 0 Å². The molecule has 0 saturated carbocycles. The average Bonchev–Trinajstić information content (AvgIpc) is 2.87. The number of amides is 1. The molecule has 0 unspecified atom stereocenters. The molecule has 3 aromatic carbocycles. The molecule has 1 amide bonds. The lowest BCUT2D eigenvalue weighted by Crippen LogP contribution is -2.30. The summed E-state index contributed by atoms with van der Waals surface area (Å²) in [6.45, 7) is -0.567. The quantitative estimate of drug-likeness (QED) is 0.179. The Kier molecular flexibility index (Phi) is 9.06. The van der Waals surface area contributed by atoms with Crippen LogP contribution in [-0.2, 0) is 44.9 Å². The fraction of sp³-hybridized carbons (Fsp3) is 0.208. The molecule has 210 valence electrons. The summed E-state index contributed by atoms with van der Waals surface area (Å²) in [7, 11) is -11.6. The summed E-state index contributed by atoms with van der Waals surface area (Å²) in [4.78, 5) is 49.7. The van der Waals surface area contributed by atoms with Gasteiger partial charge in [-0.3, -0.25) is 14.0 Å². The van der Waals surface area contributed by atoms with Crippen molar-refractivity contribution < 1.29 is 55.8 Å². The van der Waals surface area contributed by atoms with E-state index in [1.807, 2.05) is 0 Å². The van der Waals surface area contributed by atoms with Crippen LogP contribution in [0.15, 0.2) is 78.9 Å². The van der Waals surface area contributed by atoms with Crippen LogP contribution in [0.25, 0.3) is 0 Å². The summed E-state index contributed by atoms with van der Waals surface area (Å²) in [6.07, 6.45) is -0.854. The van der Waals surface area contributed by atoms with Crippen LogP contribution in [-0.4, -0.2) is 30.6 Å². The van der Waals surface area contributed by atoms with Gasteiger partial charge in [-0.05, 0) is 16.7 Å². The first-order chi connectivity index (χ1) is 18.0. The van der Waals surface area contributed by atoms with Crippen molar-refractivity contribution in [2.75, 3.05) is 0 Å². The number of hydrogen-bond donors (Lipinski definition) is 4. The Bertz CT molecular complexity index is 1300. The molecular formula is C24H23F4NO8P2. The van der Waals surface area contributed by atoms with E-state index in [0.29, 0.717) is 5.56 Å². The lowest BCUT2D eigenvalue weighted by molar-refractivity contribution is 0.0563. The molecule has 39 heavy (non-hydrogen) atoms. The molecule has 15 heteroatoms. The highest BCUT2D eigenvalue weighted by Crippen LogP contribution is 2.60. The number of carbonyl (C=O) groups is 1. The number of benzene rings is 3. The van der Waals surface area contributed by atoms with E-state index in [1.54, 1.807) is 30.3 Å². The minimum atomic E-state index is -5.78. The van der Waals surface area contributed by atoms with Crippen molar-refractivity contribution in [2.45, 2.75) is 31.0 Å². The van der Waals surface area contributed by atoms with Gasteiger partial charge in [0, 0.05) is 24.2 Å². The maximum atomic E-state index is 14.0. The maximum absolute atomic E-state index is 14.0. The summed E-state index contributed by atoms with van der Waals surface area (Å²) in [5, 5.41) is 0. The topological polar surface area (TPSA) is 145 Å². The van der Waals surface area contributed by atoms with Gasteiger partial charge in [0.1, 0.15) is 6.61 Å². The van der Waals surface area contributed by atoms with Crippen LogP contribution in [0.1, 0.15) is 27.8 Å². The van der Waals surface area contributed by atoms with Gasteiger partial charge in [-0.1, -0.05) is 78.9 Å². The monoisotopic (exact) mass is 591 g/mol. The molecule has 0 fully saturated rings. The number of nitrogens with zero attached hydrogens (tertiary/aromatic N) is 1. The molecule has 0 spiro atoms. The van der Waals surface area contributed by atoms with Crippen LogP contribution in [0, 0.1) is 0 Å². The Morgan fingerprint density at radius 3 is 1.41 bits per heavy atom. The van der Waals surface area contributed by atoms with Gasteiger partial charge in [-0.25, -0.2) is 4.79 Å². The van der Waals surface area contributed by atoms with Crippen molar-refractivity contribution >= 4 is 21.3 Å². The third-order valence-corrected chi connectivity index (χ3v) is 7.52. The summed E-state index contributed by atoms with van der Waals surface area (Å²) < 4.78 is 83.5. The van der Waals surface area contributed by atoms with Crippen LogP contribution >= 0.6 is 15.2 Å². The second-order valence-electron chi connectivity index (χ2n) is 8.46. The van der Waals surface area contributed by atoms with E-state index in [2.05, 4.69) is 0 Å². The lowest BCUT2D eigenvalue weighted by atomic mass is 10.1. The van der Waals surface area contributed by atoms with Gasteiger partial charge < -0.3 is 24.3 Å².